The topological polar surface area (TPSA) is 47.6 Å². The standard InChI is InChI=1S/C16H18ClNO3S/c1-20-12-5-3-4-11(8-12)9-16(19)18-10-13(21-2)14-6-7-15(17)22-14/h3-8,13H,9-10H2,1-2H3,(H,18,19)/t13-/m1/s1. The number of hydrogen-bond acceptors (Lipinski definition) is 4. The Morgan fingerprint density at radius 1 is 1.32 bits per heavy atom. The monoisotopic (exact) mass is 339 g/mol. The number of carbonyl (C=O) groups is 1. The molecule has 0 saturated heterocycles. The highest BCUT2D eigenvalue weighted by atomic mass is 35.5. The van der Waals surface area contributed by atoms with Crippen molar-refractivity contribution in [3.63, 3.8) is 0 Å². The van der Waals surface area contributed by atoms with Crippen LogP contribution >= 0.6 is 22.9 Å². The van der Waals surface area contributed by atoms with Crippen molar-refractivity contribution in [2.75, 3.05) is 20.8 Å². The Labute approximate surface area is 139 Å². The minimum atomic E-state index is -0.188. The van der Waals surface area contributed by atoms with E-state index in [1.807, 2.05) is 36.4 Å². The van der Waals surface area contributed by atoms with Crippen molar-refractivity contribution < 1.29 is 14.3 Å². The van der Waals surface area contributed by atoms with Crippen molar-refractivity contribution in [1.29, 1.82) is 0 Å². The third-order valence-corrected chi connectivity index (χ3v) is 4.50. The lowest BCUT2D eigenvalue weighted by Gasteiger charge is -2.14. The van der Waals surface area contributed by atoms with Crippen molar-refractivity contribution in [1.82, 2.24) is 5.32 Å². The van der Waals surface area contributed by atoms with Gasteiger partial charge in [-0.1, -0.05) is 23.7 Å². The predicted molar refractivity (Wildman–Crippen MR) is 88.8 cm³/mol. The van der Waals surface area contributed by atoms with Gasteiger partial charge >= 0.3 is 0 Å². The second-order valence-corrected chi connectivity index (χ2v) is 6.45. The van der Waals surface area contributed by atoms with E-state index in [9.17, 15) is 4.79 Å². The first-order valence-corrected chi connectivity index (χ1v) is 7.99. The molecule has 2 aromatic rings. The van der Waals surface area contributed by atoms with Crippen LogP contribution in [0.25, 0.3) is 0 Å². The van der Waals surface area contributed by atoms with E-state index >= 15 is 0 Å². The molecule has 0 radical (unpaired) electrons. The van der Waals surface area contributed by atoms with Gasteiger partial charge in [0.25, 0.3) is 0 Å². The summed E-state index contributed by atoms with van der Waals surface area (Å²) in [4.78, 5) is 13.0. The Balaban J connectivity index is 1.88. The summed E-state index contributed by atoms with van der Waals surface area (Å²) in [6, 6.07) is 11.2. The molecule has 0 saturated carbocycles. The Bertz CT molecular complexity index is 629. The van der Waals surface area contributed by atoms with Gasteiger partial charge in [-0.05, 0) is 29.8 Å². The number of thiophene rings is 1. The second kappa shape index (κ2) is 8.17. The van der Waals surface area contributed by atoms with Gasteiger partial charge in [-0.15, -0.1) is 11.3 Å². The molecule has 6 heteroatoms. The van der Waals surface area contributed by atoms with E-state index in [-0.39, 0.29) is 12.0 Å². The molecule has 0 unspecified atom stereocenters. The van der Waals surface area contributed by atoms with Crippen molar-refractivity contribution in [3.05, 3.63) is 51.2 Å². The first-order valence-electron chi connectivity index (χ1n) is 6.80. The van der Waals surface area contributed by atoms with Crippen LogP contribution in [0.3, 0.4) is 0 Å². The van der Waals surface area contributed by atoms with Crippen molar-refractivity contribution >= 4 is 28.8 Å². The summed E-state index contributed by atoms with van der Waals surface area (Å²) in [6.45, 7) is 0.413. The summed E-state index contributed by atoms with van der Waals surface area (Å²) < 4.78 is 11.3. The summed E-state index contributed by atoms with van der Waals surface area (Å²) in [5.41, 5.74) is 0.907. The van der Waals surface area contributed by atoms with Gasteiger partial charge < -0.3 is 14.8 Å². The molecular formula is C16H18ClNO3S. The maximum atomic E-state index is 12.0. The predicted octanol–water partition coefficient (Wildman–Crippen LogP) is 3.46. The van der Waals surface area contributed by atoms with Gasteiger partial charge in [0, 0.05) is 18.5 Å². The lowest BCUT2D eigenvalue weighted by molar-refractivity contribution is -0.121. The molecule has 0 bridgehead atoms. The Hall–Kier alpha value is -1.56. The fourth-order valence-corrected chi connectivity index (χ4v) is 3.18. The van der Waals surface area contributed by atoms with Crippen molar-refractivity contribution in [2.24, 2.45) is 0 Å². The van der Waals surface area contributed by atoms with Crippen LogP contribution in [-0.4, -0.2) is 26.7 Å². The van der Waals surface area contributed by atoms with E-state index < -0.39 is 0 Å². The van der Waals surface area contributed by atoms with Crippen LogP contribution < -0.4 is 10.1 Å². The molecule has 4 nitrogen and oxygen atoms in total. The normalized spacial score (nSPS) is 12.0. The lowest BCUT2D eigenvalue weighted by Crippen LogP contribution is -2.30. The van der Waals surface area contributed by atoms with Gasteiger partial charge in [-0.2, -0.15) is 0 Å². The molecular weight excluding hydrogens is 322 g/mol. The van der Waals surface area contributed by atoms with Crippen LogP contribution in [0.4, 0.5) is 0 Å². The van der Waals surface area contributed by atoms with Gasteiger partial charge in [-0.25, -0.2) is 0 Å². The number of rotatable bonds is 7. The minimum Gasteiger partial charge on any atom is -0.497 e. The van der Waals surface area contributed by atoms with Gasteiger partial charge in [0.15, 0.2) is 0 Å². The van der Waals surface area contributed by atoms with E-state index in [1.54, 1.807) is 14.2 Å². The van der Waals surface area contributed by atoms with Gasteiger partial charge in [0.05, 0.1) is 17.9 Å². The fraction of sp³-hybridized carbons (Fsp3) is 0.312. The van der Waals surface area contributed by atoms with Crippen LogP contribution in [0.1, 0.15) is 16.5 Å². The third-order valence-electron chi connectivity index (χ3n) is 3.18. The Kier molecular flexibility index (Phi) is 6.24. The van der Waals surface area contributed by atoms with Crippen LogP contribution in [0.2, 0.25) is 4.34 Å². The first-order chi connectivity index (χ1) is 10.6. The molecule has 1 N–H and O–H groups in total. The Morgan fingerprint density at radius 2 is 2.14 bits per heavy atom. The molecule has 22 heavy (non-hydrogen) atoms. The maximum Gasteiger partial charge on any atom is 0.224 e. The zero-order valence-electron chi connectivity index (χ0n) is 12.5. The molecule has 118 valence electrons. The average Bonchev–Trinajstić information content (AvgIpc) is 2.94. The number of halogens is 1. The van der Waals surface area contributed by atoms with E-state index in [0.29, 0.717) is 17.3 Å². The zero-order valence-corrected chi connectivity index (χ0v) is 14.0. The summed E-state index contributed by atoms with van der Waals surface area (Å²) in [6.07, 6.45) is 0.116. The van der Waals surface area contributed by atoms with Crippen LogP contribution in [0.5, 0.6) is 5.75 Å². The molecule has 1 amide bonds. The van der Waals surface area contributed by atoms with Crippen molar-refractivity contribution in [2.45, 2.75) is 12.5 Å². The fourth-order valence-electron chi connectivity index (χ4n) is 2.04. The van der Waals surface area contributed by atoms with Crippen LogP contribution in [-0.2, 0) is 16.0 Å². The number of hydrogen-bond donors (Lipinski definition) is 1. The summed E-state index contributed by atoms with van der Waals surface area (Å²) in [5, 5.41) is 2.89. The first kappa shape index (κ1) is 16.8. The summed E-state index contributed by atoms with van der Waals surface area (Å²) in [7, 11) is 3.22. The molecule has 0 spiro atoms. The molecule has 1 aromatic heterocycles. The van der Waals surface area contributed by atoms with Gasteiger partial charge in [0.1, 0.15) is 11.9 Å². The molecule has 1 atom stereocenters. The molecule has 1 heterocycles. The van der Waals surface area contributed by atoms with E-state index in [0.717, 1.165) is 16.2 Å². The SMILES string of the molecule is COc1cccc(CC(=O)NC[C@@H](OC)c2ccc(Cl)s2)c1. The van der Waals surface area contributed by atoms with Gasteiger partial charge in [-0.3, -0.25) is 4.79 Å². The summed E-state index contributed by atoms with van der Waals surface area (Å²) in [5.74, 6) is 0.686. The average molecular weight is 340 g/mol. The van der Waals surface area contributed by atoms with Crippen LogP contribution in [0.15, 0.2) is 36.4 Å². The van der Waals surface area contributed by atoms with Crippen molar-refractivity contribution in [3.8, 4) is 5.75 Å². The molecule has 0 aliphatic carbocycles. The number of methoxy groups -OCH3 is 2. The highest BCUT2D eigenvalue weighted by Crippen LogP contribution is 2.28. The van der Waals surface area contributed by atoms with Crippen LogP contribution in [0, 0.1) is 0 Å². The van der Waals surface area contributed by atoms with E-state index in [2.05, 4.69) is 5.32 Å². The number of nitrogens with one attached hydrogen (secondary N) is 1. The number of ether oxygens (including phenoxy) is 2. The minimum absolute atomic E-state index is 0.0574. The molecule has 0 aliphatic rings. The largest absolute Gasteiger partial charge is 0.497 e. The number of amides is 1. The number of carbonyl (C=O) groups excluding carboxylic acids is 1. The molecule has 1 aromatic carbocycles. The highest BCUT2D eigenvalue weighted by Gasteiger charge is 2.14. The van der Waals surface area contributed by atoms with Gasteiger partial charge in [0.2, 0.25) is 5.91 Å². The van der Waals surface area contributed by atoms with E-state index in [1.165, 1.54) is 11.3 Å². The lowest BCUT2D eigenvalue weighted by atomic mass is 10.1. The molecule has 0 fully saturated rings. The third kappa shape index (κ3) is 4.73. The maximum absolute atomic E-state index is 12.0. The zero-order chi connectivity index (χ0) is 15.9. The second-order valence-electron chi connectivity index (χ2n) is 4.70. The molecule has 2 rings (SSSR count). The smallest absolute Gasteiger partial charge is 0.224 e. The Morgan fingerprint density at radius 3 is 2.77 bits per heavy atom. The number of benzene rings is 1. The molecule has 0 aliphatic heterocycles. The highest BCUT2D eigenvalue weighted by molar-refractivity contribution is 7.16. The quantitative estimate of drug-likeness (QED) is 0.840. The van der Waals surface area contributed by atoms with E-state index in [4.69, 9.17) is 21.1 Å². The summed E-state index contributed by atoms with van der Waals surface area (Å²) >= 11 is 7.38.